The van der Waals surface area contributed by atoms with Gasteiger partial charge in [0.15, 0.2) is 5.49 Å². The van der Waals surface area contributed by atoms with Crippen LogP contribution in [0.3, 0.4) is 0 Å². The fourth-order valence-corrected chi connectivity index (χ4v) is 6.31. The number of ether oxygens (including phenoxy) is 4. The molecule has 0 aliphatic carbocycles. The van der Waals surface area contributed by atoms with Gasteiger partial charge in [0.25, 0.3) is 5.85 Å². The number of benzene rings is 2. The first-order valence-corrected chi connectivity index (χ1v) is 18.2. The molecule has 0 amide bonds. The van der Waals surface area contributed by atoms with Crippen molar-refractivity contribution in [3.63, 3.8) is 0 Å². The Balaban J connectivity index is 1.28. The smallest absolute Gasteiger partial charge is 0.284 e. The molecule has 3 aliphatic rings. The maximum absolute atomic E-state index is 10.2. The van der Waals surface area contributed by atoms with E-state index in [9.17, 15) is 5.11 Å². The molecule has 0 bridgehead atoms. The molecular weight excluding hydrogens is 572 g/mol. The molecule has 9 nitrogen and oxygen atoms in total. The van der Waals surface area contributed by atoms with E-state index >= 15 is 0 Å². The molecule has 0 saturated carbocycles. The van der Waals surface area contributed by atoms with E-state index in [2.05, 4.69) is 25.7 Å². The Morgan fingerprint density at radius 1 is 1.00 bits per heavy atom. The summed E-state index contributed by atoms with van der Waals surface area (Å²) in [4.78, 5) is 14.5. The summed E-state index contributed by atoms with van der Waals surface area (Å²) in [5.74, 6) is -1.37. The average molecular weight is 605 g/mol. The number of aliphatic hydroxyl groups is 1. The number of aliphatic hydroxyl groups excluding tert-OH is 1. The van der Waals surface area contributed by atoms with Crippen LogP contribution in [0.5, 0.6) is 0 Å². The minimum atomic E-state index is -1.37. The van der Waals surface area contributed by atoms with E-state index in [1.165, 1.54) is 0 Å². The van der Waals surface area contributed by atoms with E-state index in [0.29, 0.717) is 33.7 Å². The summed E-state index contributed by atoms with van der Waals surface area (Å²) in [6, 6.07) is 20.3. The van der Waals surface area contributed by atoms with Crippen LogP contribution >= 0.6 is 11.6 Å². The molecule has 4 heterocycles. The van der Waals surface area contributed by atoms with Crippen LogP contribution < -0.4 is 10.8 Å². The number of fused-ring (bicyclic) bond motifs is 2. The zero-order chi connectivity index (χ0) is 29.5. The molecule has 1 aromatic heterocycles. The van der Waals surface area contributed by atoms with Crippen molar-refractivity contribution >= 4 is 19.7 Å². The lowest BCUT2D eigenvalue weighted by Gasteiger charge is -2.28. The minimum Gasteiger partial charge on any atom is -0.388 e. The van der Waals surface area contributed by atoms with Gasteiger partial charge in [-0.2, -0.15) is 5.26 Å². The molecule has 1 N–H and O–H groups in total. The summed E-state index contributed by atoms with van der Waals surface area (Å²) < 4.78 is 24.2. The Morgan fingerprint density at radius 3 is 2.36 bits per heavy atom. The number of halogens is 1. The van der Waals surface area contributed by atoms with Gasteiger partial charge in [0.05, 0.1) is 35.6 Å². The van der Waals surface area contributed by atoms with Crippen molar-refractivity contribution in [1.82, 2.24) is 4.98 Å². The van der Waals surface area contributed by atoms with Gasteiger partial charge in [0, 0.05) is 20.2 Å². The molecule has 218 valence electrons. The molecule has 3 aliphatic heterocycles. The van der Waals surface area contributed by atoms with Crippen molar-refractivity contribution in [2.75, 3.05) is 26.4 Å². The summed E-state index contributed by atoms with van der Waals surface area (Å²) in [7, 11) is -1.30. The number of pyridine rings is 1. The van der Waals surface area contributed by atoms with Crippen LogP contribution in [0.25, 0.3) is 22.4 Å². The highest BCUT2D eigenvalue weighted by Gasteiger charge is 2.51. The van der Waals surface area contributed by atoms with Gasteiger partial charge < -0.3 is 24.1 Å². The quantitative estimate of drug-likeness (QED) is 0.292. The molecule has 1 unspecified atom stereocenters. The SMILES string of the molecule is C[Si](C)(C)CCOCC1(O[C@@H]2CO[C@H]3[C@@H]2OC[C@H]3O)N=c2cc(Cl)c(-c3ccc(-c4ccc(C#N)cc4)cc3)nc2=N1. The zero-order valence-electron chi connectivity index (χ0n) is 23.8. The highest BCUT2D eigenvalue weighted by molar-refractivity contribution is 6.76. The largest absolute Gasteiger partial charge is 0.388 e. The van der Waals surface area contributed by atoms with Crippen LogP contribution in [0, 0.1) is 11.3 Å². The maximum Gasteiger partial charge on any atom is 0.284 e. The van der Waals surface area contributed by atoms with Crippen LogP contribution in [0.15, 0.2) is 64.6 Å². The molecule has 6 rings (SSSR count). The highest BCUT2D eigenvalue weighted by atomic mass is 35.5. The van der Waals surface area contributed by atoms with Gasteiger partial charge in [0.2, 0.25) is 0 Å². The second-order valence-electron chi connectivity index (χ2n) is 12.1. The van der Waals surface area contributed by atoms with Crippen molar-refractivity contribution in [3.8, 4) is 28.5 Å². The third-order valence-corrected chi connectivity index (χ3v) is 9.62. The average Bonchev–Trinajstić information content (AvgIpc) is 3.65. The standard InChI is InChI=1S/C31H33ClN4O5Si/c1-42(2,3)13-12-38-18-31(41-26-17-40-28-25(37)16-39-29(26)28)35-24-14-23(32)27(34-30(24)36-31)22-10-8-21(9-11-22)20-6-4-19(15-33)5-7-20/h4-11,14,25-26,28-29,37H,12-13,16-18H2,1-3H3/t25-,26-,28-,29-,31?/m1/s1. The van der Waals surface area contributed by atoms with E-state index in [1.54, 1.807) is 18.2 Å². The first kappa shape index (κ1) is 29.1. The molecule has 0 spiro atoms. The molecule has 11 heteroatoms. The number of hydrogen-bond acceptors (Lipinski definition) is 9. The Morgan fingerprint density at radius 2 is 1.67 bits per heavy atom. The predicted molar refractivity (Wildman–Crippen MR) is 159 cm³/mol. The van der Waals surface area contributed by atoms with Gasteiger partial charge in [-0.05, 0) is 35.4 Å². The van der Waals surface area contributed by atoms with Crippen molar-refractivity contribution < 1.29 is 24.1 Å². The van der Waals surface area contributed by atoms with Crippen molar-refractivity contribution in [3.05, 3.63) is 76.0 Å². The predicted octanol–water partition coefficient (Wildman–Crippen LogP) is 3.75. The van der Waals surface area contributed by atoms with Gasteiger partial charge in [-0.25, -0.2) is 15.0 Å². The number of hydrogen-bond donors (Lipinski definition) is 1. The molecule has 0 radical (unpaired) electrons. The van der Waals surface area contributed by atoms with E-state index in [4.69, 9.17) is 50.8 Å². The Labute approximate surface area is 250 Å². The van der Waals surface area contributed by atoms with Crippen LogP contribution in [0.1, 0.15) is 5.56 Å². The maximum atomic E-state index is 10.2. The normalized spacial score (nSPS) is 26.3. The molecule has 2 saturated heterocycles. The monoisotopic (exact) mass is 604 g/mol. The lowest BCUT2D eigenvalue weighted by atomic mass is 10.0. The Kier molecular flexibility index (Phi) is 8.02. The lowest BCUT2D eigenvalue weighted by Crippen LogP contribution is -2.43. The van der Waals surface area contributed by atoms with Gasteiger partial charge >= 0.3 is 0 Å². The summed E-state index contributed by atoms with van der Waals surface area (Å²) in [5, 5.41) is 20.2. The minimum absolute atomic E-state index is 0.108. The van der Waals surface area contributed by atoms with E-state index in [-0.39, 0.29) is 19.8 Å². The van der Waals surface area contributed by atoms with Crippen LogP contribution in [-0.2, 0) is 18.9 Å². The van der Waals surface area contributed by atoms with Gasteiger partial charge in [-0.3, -0.25) is 0 Å². The van der Waals surface area contributed by atoms with Crippen molar-refractivity contribution in [2.45, 2.75) is 55.9 Å². The summed E-state index contributed by atoms with van der Waals surface area (Å²) in [6.45, 7) is 8.04. The van der Waals surface area contributed by atoms with Crippen molar-refractivity contribution in [2.24, 2.45) is 9.98 Å². The van der Waals surface area contributed by atoms with E-state index in [1.807, 2.05) is 36.4 Å². The number of rotatable bonds is 9. The molecular formula is C31H33ClN4O5Si. The van der Waals surface area contributed by atoms with Crippen LogP contribution in [0.2, 0.25) is 30.7 Å². The fourth-order valence-electron chi connectivity index (χ4n) is 5.30. The number of nitriles is 1. The summed E-state index contributed by atoms with van der Waals surface area (Å²) in [5.41, 5.74) is 4.48. The van der Waals surface area contributed by atoms with Crippen LogP contribution in [0.4, 0.5) is 0 Å². The summed E-state index contributed by atoms with van der Waals surface area (Å²) in [6.07, 6.45) is -2.00. The summed E-state index contributed by atoms with van der Waals surface area (Å²) >= 11 is 6.73. The first-order valence-electron chi connectivity index (χ1n) is 14.1. The Hall–Kier alpha value is -3.01. The third kappa shape index (κ3) is 6.05. The topological polar surface area (TPSA) is 119 Å². The number of aromatic nitrogens is 1. The second-order valence-corrected chi connectivity index (χ2v) is 18.1. The molecule has 5 atom stereocenters. The first-order chi connectivity index (χ1) is 20.1. The fraction of sp³-hybridized carbons (Fsp3) is 0.419. The molecule has 3 aromatic rings. The van der Waals surface area contributed by atoms with Crippen LogP contribution in [-0.4, -0.2) is 74.9 Å². The second kappa shape index (κ2) is 11.6. The van der Waals surface area contributed by atoms with E-state index < -0.39 is 38.3 Å². The number of nitrogens with zero attached hydrogens (tertiary/aromatic N) is 4. The van der Waals surface area contributed by atoms with E-state index in [0.717, 1.165) is 22.7 Å². The molecule has 2 fully saturated rings. The highest BCUT2D eigenvalue weighted by Crippen LogP contribution is 2.33. The van der Waals surface area contributed by atoms with Gasteiger partial charge in [0.1, 0.15) is 36.4 Å². The molecule has 2 aromatic carbocycles. The third-order valence-electron chi connectivity index (χ3n) is 7.63. The molecule has 42 heavy (non-hydrogen) atoms. The lowest BCUT2D eigenvalue weighted by molar-refractivity contribution is -0.148. The van der Waals surface area contributed by atoms with Gasteiger partial charge in [-0.15, -0.1) is 0 Å². The van der Waals surface area contributed by atoms with Gasteiger partial charge in [-0.1, -0.05) is 67.6 Å². The Bertz CT molecular complexity index is 1620. The zero-order valence-corrected chi connectivity index (χ0v) is 25.5. The van der Waals surface area contributed by atoms with Crippen molar-refractivity contribution in [1.29, 1.82) is 5.26 Å².